The second kappa shape index (κ2) is 9.39. The second-order valence-corrected chi connectivity index (χ2v) is 7.06. The van der Waals surface area contributed by atoms with Crippen LogP contribution in [-0.4, -0.2) is 55.1 Å². The summed E-state index contributed by atoms with van der Waals surface area (Å²) in [4.78, 5) is 16.8. The molecule has 138 valence electrons. The normalized spacial score (nSPS) is 16.3. The van der Waals surface area contributed by atoms with Crippen molar-refractivity contribution in [1.29, 1.82) is 0 Å². The van der Waals surface area contributed by atoms with Crippen molar-refractivity contribution < 1.29 is 4.79 Å². The molecular formula is C22H29N3O. The van der Waals surface area contributed by atoms with Crippen LogP contribution in [0.5, 0.6) is 0 Å². The van der Waals surface area contributed by atoms with Gasteiger partial charge in [-0.15, -0.1) is 0 Å². The van der Waals surface area contributed by atoms with Crippen LogP contribution in [0.3, 0.4) is 0 Å². The van der Waals surface area contributed by atoms with Gasteiger partial charge in [-0.3, -0.25) is 4.90 Å². The number of amides is 2. The summed E-state index contributed by atoms with van der Waals surface area (Å²) < 4.78 is 0. The van der Waals surface area contributed by atoms with Crippen molar-refractivity contribution in [2.45, 2.75) is 19.3 Å². The Morgan fingerprint density at radius 3 is 2.23 bits per heavy atom. The summed E-state index contributed by atoms with van der Waals surface area (Å²) in [6.45, 7) is 7.41. The molecule has 2 amide bonds. The highest BCUT2D eigenvalue weighted by molar-refractivity contribution is 5.74. The molecule has 1 aliphatic heterocycles. The summed E-state index contributed by atoms with van der Waals surface area (Å²) in [6.07, 6.45) is 1.07. The lowest BCUT2D eigenvalue weighted by Gasteiger charge is -2.35. The molecule has 0 aromatic heterocycles. The number of benzene rings is 2. The highest BCUT2D eigenvalue weighted by Gasteiger charge is 2.21. The van der Waals surface area contributed by atoms with Crippen molar-refractivity contribution >= 4 is 6.03 Å². The fourth-order valence-corrected chi connectivity index (χ4v) is 3.36. The summed E-state index contributed by atoms with van der Waals surface area (Å²) in [5, 5.41) is 3.09. The minimum absolute atomic E-state index is 0.0653. The Bertz CT molecular complexity index is 666. The zero-order valence-corrected chi connectivity index (χ0v) is 15.6. The van der Waals surface area contributed by atoms with E-state index in [-0.39, 0.29) is 6.03 Å². The smallest absolute Gasteiger partial charge is 0.317 e. The Balaban J connectivity index is 1.37. The first-order chi connectivity index (χ1) is 12.7. The zero-order valence-electron chi connectivity index (χ0n) is 15.6. The third-order valence-electron chi connectivity index (χ3n) is 5.15. The Morgan fingerprint density at radius 1 is 0.962 bits per heavy atom. The predicted octanol–water partition coefficient (Wildman–Crippen LogP) is 3.36. The summed E-state index contributed by atoms with van der Waals surface area (Å²) in [6, 6.07) is 21.0. The maximum atomic E-state index is 12.4. The van der Waals surface area contributed by atoms with Crippen LogP contribution >= 0.6 is 0 Å². The Hall–Kier alpha value is -2.33. The molecule has 3 rings (SSSR count). The molecule has 2 aromatic rings. The van der Waals surface area contributed by atoms with Crippen LogP contribution in [0, 0.1) is 0 Å². The van der Waals surface area contributed by atoms with Crippen molar-refractivity contribution in [3.8, 4) is 0 Å². The van der Waals surface area contributed by atoms with E-state index < -0.39 is 0 Å². The van der Waals surface area contributed by atoms with Crippen LogP contribution in [0.2, 0.25) is 0 Å². The molecule has 1 N–H and O–H groups in total. The van der Waals surface area contributed by atoms with E-state index in [2.05, 4.69) is 59.6 Å². The number of piperazine rings is 1. The van der Waals surface area contributed by atoms with Gasteiger partial charge in [-0.25, -0.2) is 4.79 Å². The predicted molar refractivity (Wildman–Crippen MR) is 106 cm³/mol. The van der Waals surface area contributed by atoms with Gasteiger partial charge >= 0.3 is 6.03 Å². The number of carbonyl (C=O) groups is 1. The molecule has 1 heterocycles. The molecule has 1 unspecified atom stereocenters. The first-order valence-electron chi connectivity index (χ1n) is 9.56. The Labute approximate surface area is 156 Å². The zero-order chi connectivity index (χ0) is 18.2. The van der Waals surface area contributed by atoms with Crippen LogP contribution in [0.25, 0.3) is 0 Å². The molecule has 0 radical (unpaired) electrons. The van der Waals surface area contributed by atoms with Gasteiger partial charge in [-0.05, 0) is 23.5 Å². The second-order valence-electron chi connectivity index (χ2n) is 7.06. The van der Waals surface area contributed by atoms with Gasteiger partial charge in [0.2, 0.25) is 0 Å². The number of carbonyl (C=O) groups excluding carboxylic acids is 1. The maximum absolute atomic E-state index is 12.4. The molecular weight excluding hydrogens is 322 g/mol. The molecule has 0 aliphatic carbocycles. The van der Waals surface area contributed by atoms with E-state index in [1.54, 1.807) is 0 Å². The Kier molecular flexibility index (Phi) is 6.67. The largest absolute Gasteiger partial charge is 0.337 e. The maximum Gasteiger partial charge on any atom is 0.317 e. The van der Waals surface area contributed by atoms with Gasteiger partial charge in [-0.2, -0.15) is 0 Å². The van der Waals surface area contributed by atoms with Gasteiger partial charge in [0.1, 0.15) is 0 Å². The van der Waals surface area contributed by atoms with Gasteiger partial charge in [-0.1, -0.05) is 67.6 Å². The average molecular weight is 351 g/mol. The summed E-state index contributed by atoms with van der Waals surface area (Å²) >= 11 is 0. The molecule has 0 spiro atoms. The van der Waals surface area contributed by atoms with Gasteiger partial charge in [0.05, 0.1) is 0 Å². The van der Waals surface area contributed by atoms with Gasteiger partial charge in [0.15, 0.2) is 0 Å². The molecule has 0 saturated carbocycles. The van der Waals surface area contributed by atoms with E-state index in [0.29, 0.717) is 12.5 Å². The minimum atomic E-state index is 0.0653. The number of urea groups is 1. The highest BCUT2D eigenvalue weighted by Crippen LogP contribution is 2.13. The molecule has 1 atom stereocenters. The monoisotopic (exact) mass is 351 g/mol. The number of nitrogens with one attached hydrogen (secondary N) is 1. The molecule has 4 heteroatoms. The first-order valence-corrected chi connectivity index (χ1v) is 9.56. The lowest BCUT2D eigenvalue weighted by molar-refractivity contribution is 0.140. The third kappa shape index (κ3) is 5.33. The van der Waals surface area contributed by atoms with Gasteiger partial charge in [0, 0.05) is 39.3 Å². The topological polar surface area (TPSA) is 35.6 Å². The van der Waals surface area contributed by atoms with Crippen LogP contribution in [-0.2, 0) is 6.42 Å². The van der Waals surface area contributed by atoms with Crippen LogP contribution in [0.15, 0.2) is 60.7 Å². The lowest BCUT2D eigenvalue weighted by atomic mass is 10.0. The summed E-state index contributed by atoms with van der Waals surface area (Å²) in [7, 11) is 0. The van der Waals surface area contributed by atoms with E-state index in [1.807, 2.05) is 23.1 Å². The van der Waals surface area contributed by atoms with Crippen LogP contribution < -0.4 is 5.32 Å². The quantitative estimate of drug-likeness (QED) is 0.866. The Morgan fingerprint density at radius 2 is 1.58 bits per heavy atom. The number of hydrogen-bond acceptors (Lipinski definition) is 2. The third-order valence-corrected chi connectivity index (χ3v) is 5.15. The molecule has 4 nitrogen and oxygen atoms in total. The number of hydrogen-bond donors (Lipinski definition) is 1. The SMILES string of the molecule is CC(CNC(=O)N1CCN(CCc2ccccc2)CC1)c1ccccc1. The van der Waals surface area contributed by atoms with Crippen molar-refractivity contribution in [3.05, 3.63) is 71.8 Å². The van der Waals surface area contributed by atoms with Gasteiger partial charge in [0.25, 0.3) is 0 Å². The van der Waals surface area contributed by atoms with Crippen molar-refractivity contribution in [3.63, 3.8) is 0 Å². The highest BCUT2D eigenvalue weighted by atomic mass is 16.2. The van der Waals surface area contributed by atoms with E-state index in [1.165, 1.54) is 11.1 Å². The number of rotatable bonds is 6. The van der Waals surface area contributed by atoms with Crippen molar-refractivity contribution in [2.75, 3.05) is 39.3 Å². The lowest BCUT2D eigenvalue weighted by Crippen LogP contribution is -2.52. The molecule has 1 fully saturated rings. The van der Waals surface area contributed by atoms with Crippen molar-refractivity contribution in [1.82, 2.24) is 15.1 Å². The molecule has 26 heavy (non-hydrogen) atoms. The first kappa shape index (κ1) is 18.5. The molecule has 1 saturated heterocycles. The summed E-state index contributed by atoms with van der Waals surface area (Å²) in [5.74, 6) is 0.326. The van der Waals surface area contributed by atoms with E-state index in [4.69, 9.17) is 0 Å². The van der Waals surface area contributed by atoms with Gasteiger partial charge < -0.3 is 10.2 Å². The van der Waals surface area contributed by atoms with E-state index >= 15 is 0 Å². The van der Waals surface area contributed by atoms with E-state index in [9.17, 15) is 4.79 Å². The standard InChI is InChI=1S/C22H29N3O/c1-19(21-10-6-3-7-11-21)18-23-22(26)25-16-14-24(15-17-25)13-12-20-8-4-2-5-9-20/h2-11,19H,12-18H2,1H3,(H,23,26). The summed E-state index contributed by atoms with van der Waals surface area (Å²) in [5.41, 5.74) is 2.64. The van der Waals surface area contributed by atoms with Crippen LogP contribution in [0.4, 0.5) is 4.79 Å². The molecule has 0 bridgehead atoms. The minimum Gasteiger partial charge on any atom is -0.337 e. The fourth-order valence-electron chi connectivity index (χ4n) is 3.36. The molecule has 1 aliphatic rings. The van der Waals surface area contributed by atoms with Crippen molar-refractivity contribution in [2.24, 2.45) is 0 Å². The fraction of sp³-hybridized carbons (Fsp3) is 0.409. The van der Waals surface area contributed by atoms with Crippen LogP contribution in [0.1, 0.15) is 24.0 Å². The number of nitrogens with zero attached hydrogens (tertiary/aromatic N) is 2. The van der Waals surface area contributed by atoms with E-state index in [0.717, 1.165) is 39.1 Å². The average Bonchev–Trinajstić information content (AvgIpc) is 2.72. The molecule has 2 aromatic carbocycles.